The van der Waals surface area contributed by atoms with Crippen molar-refractivity contribution in [3.63, 3.8) is 0 Å². The van der Waals surface area contributed by atoms with Crippen molar-refractivity contribution in [3.05, 3.63) is 41.2 Å². The second-order valence-corrected chi connectivity index (χ2v) is 6.55. The zero-order chi connectivity index (χ0) is 17.6. The number of anilines is 1. The van der Waals surface area contributed by atoms with Crippen LogP contribution in [0.2, 0.25) is 0 Å². The molecular weight excluding hydrogens is 325 g/mol. The predicted octanol–water partition coefficient (Wildman–Crippen LogP) is 1.28. The summed E-state index contributed by atoms with van der Waals surface area (Å²) in [5, 5.41) is 13.8. The monoisotopic (exact) mass is 343 g/mol. The minimum absolute atomic E-state index is 0.0383. The molecule has 2 atom stereocenters. The van der Waals surface area contributed by atoms with Crippen molar-refractivity contribution in [1.82, 2.24) is 20.1 Å². The maximum atomic E-state index is 13.4. The van der Waals surface area contributed by atoms with E-state index in [1.54, 1.807) is 6.07 Å². The Morgan fingerprint density at radius 3 is 3.08 bits per heavy atom. The largest absolute Gasteiger partial charge is 0.351 e. The van der Waals surface area contributed by atoms with E-state index in [0.29, 0.717) is 17.8 Å². The number of carbonyl (C=O) groups is 2. The van der Waals surface area contributed by atoms with Gasteiger partial charge >= 0.3 is 0 Å². The summed E-state index contributed by atoms with van der Waals surface area (Å²) in [6.07, 6.45) is 1.59. The van der Waals surface area contributed by atoms with Crippen molar-refractivity contribution in [2.24, 2.45) is 0 Å². The fourth-order valence-electron chi connectivity index (χ4n) is 3.55. The van der Waals surface area contributed by atoms with Gasteiger partial charge in [0.15, 0.2) is 0 Å². The lowest BCUT2D eigenvalue weighted by atomic mass is 9.89. The molecule has 2 aliphatic rings. The van der Waals surface area contributed by atoms with Gasteiger partial charge in [-0.3, -0.25) is 9.59 Å². The summed E-state index contributed by atoms with van der Waals surface area (Å²) in [4.78, 5) is 24.7. The number of halogens is 1. The van der Waals surface area contributed by atoms with Crippen LogP contribution in [0.5, 0.6) is 0 Å². The van der Waals surface area contributed by atoms with Gasteiger partial charge in [0.05, 0.1) is 5.92 Å². The number of nitrogens with one attached hydrogen (secondary N) is 2. The molecule has 130 valence electrons. The molecule has 0 unspecified atom stereocenters. The molecule has 2 aliphatic heterocycles. The molecule has 2 amide bonds. The van der Waals surface area contributed by atoms with Gasteiger partial charge in [-0.05, 0) is 31.0 Å². The minimum Gasteiger partial charge on any atom is -0.351 e. The summed E-state index contributed by atoms with van der Waals surface area (Å²) in [5.74, 6) is 0.226. The number of nitrogens with zero attached hydrogens (tertiary/aromatic N) is 3. The molecule has 0 bridgehead atoms. The molecule has 3 heterocycles. The summed E-state index contributed by atoms with van der Waals surface area (Å²) in [7, 11) is 0. The number of hydrogen-bond donors (Lipinski definition) is 2. The molecule has 0 spiro atoms. The van der Waals surface area contributed by atoms with Gasteiger partial charge < -0.3 is 15.2 Å². The maximum absolute atomic E-state index is 13.4. The summed E-state index contributed by atoms with van der Waals surface area (Å²) in [6.45, 7) is 2.51. The van der Waals surface area contributed by atoms with Gasteiger partial charge in [0, 0.05) is 31.1 Å². The topological polar surface area (TPSA) is 88.9 Å². The summed E-state index contributed by atoms with van der Waals surface area (Å²) >= 11 is 0. The van der Waals surface area contributed by atoms with E-state index in [4.69, 9.17) is 0 Å². The molecule has 4 rings (SSSR count). The Kier molecular flexibility index (Phi) is 3.74. The standard InChI is InChI=1S/C17H18FN5O2/c1-9-21-22-15-5-3-11(8-23(9)15)19-17(25)13-7-16(24)20-14-6-10(18)2-4-12(13)14/h2,4,6,11,13H,3,5,7-8H2,1H3,(H,19,25)(H,20,24)/t11-,13+/m0/s1. The number of aryl methyl sites for hydroxylation is 2. The molecule has 2 N–H and O–H groups in total. The van der Waals surface area contributed by atoms with Gasteiger partial charge in [-0.15, -0.1) is 10.2 Å². The Hall–Kier alpha value is -2.77. The molecular formula is C17H18FN5O2. The van der Waals surface area contributed by atoms with Crippen molar-refractivity contribution in [3.8, 4) is 0 Å². The molecule has 25 heavy (non-hydrogen) atoms. The highest BCUT2D eigenvalue weighted by Gasteiger charge is 2.33. The molecule has 0 radical (unpaired) electrons. The zero-order valence-corrected chi connectivity index (χ0v) is 13.8. The smallest absolute Gasteiger partial charge is 0.228 e. The first-order chi connectivity index (χ1) is 12.0. The van der Waals surface area contributed by atoms with Crippen molar-refractivity contribution in [2.45, 2.75) is 44.7 Å². The molecule has 1 aromatic heterocycles. The minimum atomic E-state index is -0.604. The third-order valence-corrected chi connectivity index (χ3v) is 4.85. The van der Waals surface area contributed by atoms with E-state index in [1.165, 1.54) is 12.1 Å². The summed E-state index contributed by atoms with van der Waals surface area (Å²) in [5.41, 5.74) is 1.02. The molecule has 1 aromatic carbocycles. The highest BCUT2D eigenvalue weighted by molar-refractivity contribution is 6.01. The van der Waals surface area contributed by atoms with Crippen LogP contribution in [0.1, 0.15) is 36.0 Å². The Balaban J connectivity index is 1.52. The fraction of sp³-hybridized carbons (Fsp3) is 0.412. The summed E-state index contributed by atoms with van der Waals surface area (Å²) in [6, 6.07) is 4.09. The van der Waals surface area contributed by atoms with E-state index in [9.17, 15) is 14.0 Å². The molecule has 0 aliphatic carbocycles. The van der Waals surface area contributed by atoms with Crippen LogP contribution < -0.4 is 10.6 Å². The second-order valence-electron chi connectivity index (χ2n) is 6.55. The van der Waals surface area contributed by atoms with E-state index in [-0.39, 0.29) is 24.3 Å². The van der Waals surface area contributed by atoms with Crippen LogP contribution in [0.15, 0.2) is 18.2 Å². The van der Waals surface area contributed by atoms with Crippen molar-refractivity contribution in [1.29, 1.82) is 0 Å². The van der Waals surface area contributed by atoms with Gasteiger partial charge in [-0.1, -0.05) is 6.07 Å². The van der Waals surface area contributed by atoms with Crippen LogP contribution in [-0.2, 0) is 22.6 Å². The average Bonchev–Trinajstić information content (AvgIpc) is 2.94. The van der Waals surface area contributed by atoms with Gasteiger partial charge in [-0.25, -0.2) is 4.39 Å². The number of aromatic nitrogens is 3. The maximum Gasteiger partial charge on any atom is 0.228 e. The number of carbonyl (C=O) groups excluding carboxylic acids is 2. The number of hydrogen-bond acceptors (Lipinski definition) is 4. The average molecular weight is 343 g/mol. The van der Waals surface area contributed by atoms with Gasteiger partial charge in [-0.2, -0.15) is 0 Å². The van der Waals surface area contributed by atoms with Gasteiger partial charge in [0.1, 0.15) is 17.5 Å². The quantitative estimate of drug-likeness (QED) is 0.860. The van der Waals surface area contributed by atoms with Crippen molar-refractivity contribution < 1.29 is 14.0 Å². The van der Waals surface area contributed by atoms with Crippen LogP contribution >= 0.6 is 0 Å². The number of fused-ring (bicyclic) bond motifs is 2. The van der Waals surface area contributed by atoms with Crippen LogP contribution in [0.4, 0.5) is 10.1 Å². The number of rotatable bonds is 2. The fourth-order valence-corrected chi connectivity index (χ4v) is 3.55. The summed E-state index contributed by atoms with van der Waals surface area (Å²) < 4.78 is 15.4. The molecule has 2 aromatic rings. The first-order valence-electron chi connectivity index (χ1n) is 8.29. The van der Waals surface area contributed by atoms with E-state index < -0.39 is 11.7 Å². The number of benzene rings is 1. The Morgan fingerprint density at radius 2 is 2.24 bits per heavy atom. The van der Waals surface area contributed by atoms with Crippen LogP contribution in [-0.4, -0.2) is 32.6 Å². The first kappa shape index (κ1) is 15.7. The molecule has 0 fully saturated rings. The van der Waals surface area contributed by atoms with Crippen molar-refractivity contribution >= 4 is 17.5 Å². The van der Waals surface area contributed by atoms with E-state index in [2.05, 4.69) is 20.8 Å². The number of amides is 2. The third-order valence-electron chi connectivity index (χ3n) is 4.85. The lowest BCUT2D eigenvalue weighted by Crippen LogP contribution is -2.44. The van der Waals surface area contributed by atoms with Crippen molar-refractivity contribution in [2.75, 3.05) is 5.32 Å². The van der Waals surface area contributed by atoms with E-state index in [1.807, 2.05) is 11.5 Å². The van der Waals surface area contributed by atoms with Gasteiger partial charge in [0.2, 0.25) is 11.8 Å². The molecule has 8 heteroatoms. The SMILES string of the molecule is Cc1nnc2n1C[C@@H](NC(=O)[C@@H]1CC(=O)Nc3cc(F)ccc31)CC2. The predicted molar refractivity (Wildman–Crippen MR) is 87.4 cm³/mol. The lowest BCUT2D eigenvalue weighted by Gasteiger charge is -2.29. The van der Waals surface area contributed by atoms with Crippen LogP contribution in [0, 0.1) is 12.7 Å². The molecule has 0 saturated carbocycles. The van der Waals surface area contributed by atoms with Crippen LogP contribution in [0.3, 0.4) is 0 Å². The zero-order valence-electron chi connectivity index (χ0n) is 13.8. The highest BCUT2D eigenvalue weighted by atomic mass is 19.1. The molecule has 7 nitrogen and oxygen atoms in total. The van der Waals surface area contributed by atoms with E-state index >= 15 is 0 Å². The van der Waals surface area contributed by atoms with Gasteiger partial charge in [0.25, 0.3) is 0 Å². The molecule has 0 saturated heterocycles. The highest BCUT2D eigenvalue weighted by Crippen LogP contribution is 2.33. The Labute approximate surface area is 143 Å². The second kappa shape index (κ2) is 5.94. The third kappa shape index (κ3) is 2.88. The van der Waals surface area contributed by atoms with E-state index in [0.717, 1.165) is 24.5 Å². The van der Waals surface area contributed by atoms with Crippen LogP contribution in [0.25, 0.3) is 0 Å². The normalized spacial score (nSPS) is 21.9. The Bertz CT molecular complexity index is 863. The first-order valence-corrected chi connectivity index (χ1v) is 8.29. The lowest BCUT2D eigenvalue weighted by molar-refractivity contribution is -0.127. The Morgan fingerprint density at radius 1 is 1.40 bits per heavy atom.